The van der Waals surface area contributed by atoms with Gasteiger partial charge in [-0.3, -0.25) is 0 Å². The molecule has 0 saturated carbocycles. The highest BCUT2D eigenvalue weighted by Crippen LogP contribution is 2.28. The molecule has 92 valence electrons. The van der Waals surface area contributed by atoms with Gasteiger partial charge in [-0.1, -0.05) is 31.2 Å². The van der Waals surface area contributed by atoms with Gasteiger partial charge in [0.2, 0.25) is 0 Å². The van der Waals surface area contributed by atoms with Crippen LogP contribution in [0.2, 0.25) is 0 Å². The van der Waals surface area contributed by atoms with E-state index in [9.17, 15) is 0 Å². The molecule has 3 nitrogen and oxygen atoms in total. The quantitative estimate of drug-likeness (QED) is 0.689. The molecule has 1 rings (SSSR count). The summed E-state index contributed by atoms with van der Waals surface area (Å²) in [5.41, 5.74) is 6.88. The third-order valence-corrected chi connectivity index (χ3v) is 2.58. The molecule has 1 aromatic rings. The van der Waals surface area contributed by atoms with Crippen molar-refractivity contribution in [2.24, 2.45) is 0 Å². The largest absolute Gasteiger partial charge is 0.493 e. The zero-order valence-corrected chi connectivity index (χ0v) is 11.6. The summed E-state index contributed by atoms with van der Waals surface area (Å²) in [5.74, 6) is 6.75. The summed E-state index contributed by atoms with van der Waals surface area (Å²) in [6.45, 7) is 7.27. The topological polar surface area (TPSA) is 48.1 Å². The fourth-order valence-corrected chi connectivity index (χ4v) is 1.80. The van der Waals surface area contributed by atoms with E-state index in [-0.39, 0.29) is 0 Å². The predicted molar refractivity (Wildman–Crippen MR) is 78.3 cm³/mol. The van der Waals surface area contributed by atoms with Gasteiger partial charge in [0.05, 0.1) is 11.6 Å². The van der Waals surface area contributed by atoms with Crippen LogP contribution in [0.25, 0.3) is 0 Å². The van der Waals surface area contributed by atoms with E-state index >= 15 is 0 Å². The maximum absolute atomic E-state index is 5.67. The van der Waals surface area contributed by atoms with Crippen molar-refractivity contribution in [1.29, 1.82) is 0 Å². The zero-order valence-electron chi connectivity index (χ0n) is 10.0. The van der Waals surface area contributed by atoms with Gasteiger partial charge in [0.1, 0.15) is 5.82 Å². The van der Waals surface area contributed by atoms with Crippen LogP contribution in [-0.2, 0) is 0 Å². The molecule has 0 bridgehead atoms. The van der Waals surface area contributed by atoms with Crippen molar-refractivity contribution in [2.45, 2.75) is 0 Å². The summed E-state index contributed by atoms with van der Waals surface area (Å²) < 4.78 is 5.94. The van der Waals surface area contributed by atoms with Crippen molar-refractivity contribution >= 4 is 21.7 Å². The average molecular weight is 305 g/mol. The summed E-state index contributed by atoms with van der Waals surface area (Å²) in [5, 5.41) is 0. The number of methoxy groups -OCH3 is 1. The van der Waals surface area contributed by atoms with Crippen LogP contribution in [0.1, 0.15) is 5.69 Å². The van der Waals surface area contributed by atoms with Crippen LogP contribution in [0, 0.1) is 11.8 Å². The third kappa shape index (κ3) is 3.51. The first-order valence-electron chi connectivity index (χ1n) is 5.09. The number of nitrogen functional groups attached to an aromatic ring is 1. The lowest BCUT2D eigenvalue weighted by molar-refractivity contribution is 0.409. The van der Waals surface area contributed by atoms with Crippen molar-refractivity contribution < 1.29 is 4.74 Å². The minimum absolute atomic E-state index is 0.375. The third-order valence-electron chi connectivity index (χ3n) is 1.99. The fourth-order valence-electron chi connectivity index (χ4n) is 1.22. The molecular formula is C14H13BrN2O. The number of aromatic nitrogens is 1. The first-order chi connectivity index (χ1) is 8.62. The van der Waals surface area contributed by atoms with Gasteiger partial charge in [-0.2, -0.15) is 0 Å². The van der Waals surface area contributed by atoms with Gasteiger partial charge in [0.25, 0.3) is 0 Å². The number of nitrogens with two attached hydrogens (primary N) is 1. The monoisotopic (exact) mass is 304 g/mol. The lowest BCUT2D eigenvalue weighted by Gasteiger charge is -2.05. The van der Waals surface area contributed by atoms with Crippen molar-refractivity contribution in [3.8, 4) is 17.6 Å². The number of nitrogens with zero attached hydrogens (tertiary/aromatic N) is 1. The SMILES string of the molecule is C=C/C=C(/C#Cc1nc(N)cc(Br)c1OC)C=C. The molecule has 2 N–H and O–H groups in total. The van der Waals surface area contributed by atoms with Gasteiger partial charge in [-0.05, 0) is 34.0 Å². The van der Waals surface area contributed by atoms with Crippen molar-refractivity contribution in [3.05, 3.63) is 53.2 Å². The Kier molecular flexibility index (Phi) is 5.22. The summed E-state index contributed by atoms with van der Waals surface area (Å²) in [7, 11) is 1.55. The average Bonchev–Trinajstić information content (AvgIpc) is 2.33. The molecule has 0 saturated heterocycles. The van der Waals surface area contributed by atoms with E-state index in [1.165, 1.54) is 0 Å². The fraction of sp³-hybridized carbons (Fsp3) is 0.0714. The lowest BCUT2D eigenvalue weighted by Crippen LogP contribution is -1.97. The number of halogens is 1. The molecule has 0 fully saturated rings. The molecular weight excluding hydrogens is 292 g/mol. The molecule has 0 aliphatic heterocycles. The summed E-state index contributed by atoms with van der Waals surface area (Å²) >= 11 is 3.35. The molecule has 0 radical (unpaired) electrons. The highest BCUT2D eigenvalue weighted by Gasteiger charge is 2.08. The minimum Gasteiger partial charge on any atom is -0.493 e. The number of pyridine rings is 1. The van der Waals surface area contributed by atoms with Crippen molar-refractivity contribution in [2.75, 3.05) is 12.8 Å². The van der Waals surface area contributed by atoms with Gasteiger partial charge in [0.15, 0.2) is 11.4 Å². The van der Waals surface area contributed by atoms with Crippen LogP contribution in [0.5, 0.6) is 5.75 Å². The van der Waals surface area contributed by atoms with E-state index in [0.29, 0.717) is 17.3 Å². The molecule has 0 aliphatic rings. The summed E-state index contributed by atoms with van der Waals surface area (Å²) in [4.78, 5) is 4.13. The van der Waals surface area contributed by atoms with Gasteiger partial charge < -0.3 is 10.5 Å². The predicted octanol–water partition coefficient (Wildman–Crippen LogP) is 3.08. The Morgan fingerprint density at radius 3 is 2.83 bits per heavy atom. The van der Waals surface area contributed by atoms with Crippen LogP contribution in [-0.4, -0.2) is 12.1 Å². The Morgan fingerprint density at radius 2 is 2.28 bits per heavy atom. The number of rotatable bonds is 3. The maximum Gasteiger partial charge on any atom is 0.167 e. The number of hydrogen-bond donors (Lipinski definition) is 1. The van der Waals surface area contributed by atoms with Crippen molar-refractivity contribution in [1.82, 2.24) is 4.98 Å². The number of anilines is 1. The number of allylic oxidation sites excluding steroid dienone is 4. The van der Waals surface area contributed by atoms with Crippen molar-refractivity contribution in [3.63, 3.8) is 0 Å². The molecule has 1 heterocycles. The van der Waals surface area contributed by atoms with Crippen LogP contribution in [0.15, 0.2) is 47.5 Å². The Hall–Kier alpha value is -1.99. The summed E-state index contributed by atoms with van der Waals surface area (Å²) in [6.07, 6.45) is 5.04. The van der Waals surface area contributed by atoms with Gasteiger partial charge in [-0.25, -0.2) is 4.98 Å². The highest BCUT2D eigenvalue weighted by molar-refractivity contribution is 9.10. The van der Waals surface area contributed by atoms with Crippen LogP contribution in [0.3, 0.4) is 0 Å². The van der Waals surface area contributed by atoms with Gasteiger partial charge in [-0.15, -0.1) is 0 Å². The van der Waals surface area contributed by atoms with Gasteiger partial charge >= 0.3 is 0 Å². The molecule has 0 aromatic carbocycles. The van der Waals surface area contributed by atoms with E-state index < -0.39 is 0 Å². The normalized spacial score (nSPS) is 10.2. The standard InChI is InChI=1S/C14H13BrN2O/c1-4-6-10(5-2)7-8-12-14(18-3)11(15)9-13(16)17-12/h4-6,9H,1-2H2,3H3,(H2,16,17)/b10-6+. The molecule has 0 spiro atoms. The molecule has 1 aromatic heterocycles. The van der Waals surface area contributed by atoms with Crippen LogP contribution in [0.4, 0.5) is 5.82 Å². The molecule has 0 atom stereocenters. The van der Waals surface area contributed by atoms with E-state index in [2.05, 4.69) is 45.9 Å². The molecule has 4 heteroatoms. The van der Waals surface area contributed by atoms with E-state index in [1.54, 1.807) is 31.4 Å². The Morgan fingerprint density at radius 1 is 1.56 bits per heavy atom. The smallest absolute Gasteiger partial charge is 0.167 e. The van der Waals surface area contributed by atoms with E-state index in [4.69, 9.17) is 10.5 Å². The zero-order chi connectivity index (χ0) is 13.5. The van der Waals surface area contributed by atoms with Crippen LogP contribution < -0.4 is 10.5 Å². The molecule has 18 heavy (non-hydrogen) atoms. The van der Waals surface area contributed by atoms with Crippen LogP contribution >= 0.6 is 15.9 Å². The minimum atomic E-state index is 0.375. The molecule has 0 aliphatic carbocycles. The van der Waals surface area contributed by atoms with E-state index in [0.717, 1.165) is 10.0 Å². The number of hydrogen-bond acceptors (Lipinski definition) is 3. The maximum atomic E-state index is 5.67. The Balaban J connectivity index is 3.26. The second kappa shape index (κ2) is 6.67. The first-order valence-corrected chi connectivity index (χ1v) is 5.88. The Bertz CT molecular complexity index is 565. The second-order valence-electron chi connectivity index (χ2n) is 3.22. The van der Waals surface area contributed by atoms with E-state index in [1.807, 2.05) is 0 Å². The lowest BCUT2D eigenvalue weighted by atomic mass is 10.2. The summed E-state index contributed by atoms with van der Waals surface area (Å²) in [6, 6.07) is 1.66. The Labute approximate surface area is 115 Å². The molecule has 0 unspecified atom stereocenters. The van der Waals surface area contributed by atoms with Gasteiger partial charge in [0, 0.05) is 5.57 Å². The first kappa shape index (κ1) is 14.1. The highest BCUT2D eigenvalue weighted by atomic mass is 79.9. The number of ether oxygens (including phenoxy) is 1. The molecule has 0 amide bonds. The second-order valence-corrected chi connectivity index (χ2v) is 4.08.